The van der Waals surface area contributed by atoms with Crippen LogP contribution in [0.2, 0.25) is 0 Å². The second-order valence-corrected chi connectivity index (χ2v) is 7.92. The van der Waals surface area contributed by atoms with E-state index in [1.54, 1.807) is 12.1 Å². The minimum atomic E-state index is -4.33. The summed E-state index contributed by atoms with van der Waals surface area (Å²) < 4.78 is 32.7. The fourth-order valence-electron chi connectivity index (χ4n) is 2.89. The molecule has 1 aromatic rings. The Bertz CT molecular complexity index is 526. The summed E-state index contributed by atoms with van der Waals surface area (Å²) in [5, 5.41) is 0. The predicted octanol–water partition coefficient (Wildman–Crippen LogP) is 2.62. The van der Waals surface area contributed by atoms with Crippen LogP contribution in [0.3, 0.4) is 0 Å². The molecule has 3 nitrogen and oxygen atoms in total. The fourth-order valence-corrected chi connectivity index (χ4v) is 3.36. The smallest absolute Gasteiger partial charge is 0.744 e. The van der Waals surface area contributed by atoms with Crippen LogP contribution in [0.4, 0.5) is 0 Å². The molecule has 0 saturated heterocycles. The van der Waals surface area contributed by atoms with Crippen LogP contribution in [-0.4, -0.2) is 13.0 Å². The molecule has 0 fully saturated rings. The van der Waals surface area contributed by atoms with E-state index < -0.39 is 10.1 Å². The average molecular weight is 363 g/mol. The van der Waals surface area contributed by atoms with Crippen molar-refractivity contribution in [3.8, 4) is 0 Å². The summed E-state index contributed by atoms with van der Waals surface area (Å²) in [6, 6.07) is 6.38. The molecule has 1 unspecified atom stereocenters. The van der Waals surface area contributed by atoms with Gasteiger partial charge in [0.25, 0.3) is 0 Å². The SMILES string of the molecule is CCCCCCCCCCCC(C)c1ccc(S(=O)(=O)[O-])cc1.[Na+]. The molecule has 0 amide bonds. The Morgan fingerprint density at radius 3 is 1.79 bits per heavy atom. The van der Waals surface area contributed by atoms with Crippen LogP contribution in [0, 0.1) is 0 Å². The van der Waals surface area contributed by atoms with Gasteiger partial charge in [-0.15, -0.1) is 0 Å². The largest absolute Gasteiger partial charge is 1.00 e. The maximum atomic E-state index is 10.9. The van der Waals surface area contributed by atoms with Crippen molar-refractivity contribution >= 4 is 10.1 Å². The number of rotatable bonds is 12. The molecule has 0 heterocycles. The Morgan fingerprint density at radius 2 is 1.33 bits per heavy atom. The first-order valence-corrected chi connectivity index (χ1v) is 10.4. The Hall–Kier alpha value is 0.130. The van der Waals surface area contributed by atoms with E-state index in [0.717, 1.165) is 12.0 Å². The van der Waals surface area contributed by atoms with E-state index in [0.29, 0.717) is 5.92 Å². The second kappa shape index (κ2) is 13.3. The van der Waals surface area contributed by atoms with Gasteiger partial charge in [-0.2, -0.15) is 0 Å². The van der Waals surface area contributed by atoms with Crippen LogP contribution in [0.1, 0.15) is 89.5 Å². The van der Waals surface area contributed by atoms with Crippen molar-refractivity contribution in [3.05, 3.63) is 29.8 Å². The van der Waals surface area contributed by atoms with E-state index in [2.05, 4.69) is 13.8 Å². The topological polar surface area (TPSA) is 57.2 Å². The Morgan fingerprint density at radius 1 is 0.875 bits per heavy atom. The molecule has 0 spiro atoms. The summed E-state index contributed by atoms with van der Waals surface area (Å²) in [5.41, 5.74) is 1.11. The van der Waals surface area contributed by atoms with Gasteiger partial charge in [0.2, 0.25) is 0 Å². The maximum Gasteiger partial charge on any atom is 1.00 e. The van der Waals surface area contributed by atoms with E-state index in [1.807, 2.05) is 0 Å². The summed E-state index contributed by atoms with van der Waals surface area (Å²) in [6.07, 6.45) is 13.0. The molecule has 0 saturated carbocycles. The molecule has 0 bridgehead atoms. The molecule has 0 aliphatic rings. The van der Waals surface area contributed by atoms with Crippen molar-refractivity contribution < 1.29 is 42.5 Å². The van der Waals surface area contributed by atoms with Gasteiger partial charge in [-0.05, 0) is 30.0 Å². The van der Waals surface area contributed by atoms with Crippen molar-refractivity contribution in [2.24, 2.45) is 0 Å². The molecule has 1 aromatic carbocycles. The monoisotopic (exact) mass is 362 g/mol. The summed E-state index contributed by atoms with van der Waals surface area (Å²) in [7, 11) is -4.33. The van der Waals surface area contributed by atoms with Gasteiger partial charge in [0.15, 0.2) is 0 Å². The van der Waals surface area contributed by atoms with Gasteiger partial charge in [-0.3, -0.25) is 0 Å². The molecule has 0 radical (unpaired) electrons. The van der Waals surface area contributed by atoms with Crippen molar-refractivity contribution in [2.75, 3.05) is 0 Å². The standard InChI is InChI=1S/C19H32O3S.Na/c1-3-4-5-6-7-8-9-10-11-12-17(2)18-13-15-19(16-14-18)23(20,21)22;/h13-17H,3-12H2,1-2H3,(H,20,21,22);/q;+1/p-1. The van der Waals surface area contributed by atoms with Crippen molar-refractivity contribution in [3.63, 3.8) is 0 Å². The van der Waals surface area contributed by atoms with Gasteiger partial charge in [0.05, 0.1) is 4.90 Å². The summed E-state index contributed by atoms with van der Waals surface area (Å²) >= 11 is 0. The van der Waals surface area contributed by atoms with Crippen LogP contribution in [0.25, 0.3) is 0 Å². The van der Waals surface area contributed by atoms with E-state index >= 15 is 0 Å². The van der Waals surface area contributed by atoms with Gasteiger partial charge in [-0.1, -0.05) is 83.8 Å². The van der Waals surface area contributed by atoms with Gasteiger partial charge >= 0.3 is 29.6 Å². The Kier molecular flexibility index (Phi) is 13.4. The van der Waals surface area contributed by atoms with Gasteiger partial charge in [-0.25, -0.2) is 8.42 Å². The van der Waals surface area contributed by atoms with E-state index in [4.69, 9.17) is 0 Å². The summed E-state index contributed by atoms with van der Waals surface area (Å²) in [6.45, 7) is 4.40. The molecular formula is C19H31NaO3S. The number of hydrogen-bond donors (Lipinski definition) is 0. The third-order valence-electron chi connectivity index (χ3n) is 4.48. The first-order chi connectivity index (χ1) is 10.9. The van der Waals surface area contributed by atoms with Crippen molar-refractivity contribution in [1.29, 1.82) is 0 Å². The number of hydrogen-bond acceptors (Lipinski definition) is 3. The normalized spacial score (nSPS) is 12.6. The first-order valence-electron chi connectivity index (χ1n) is 9.01. The number of benzene rings is 1. The average Bonchev–Trinajstić information content (AvgIpc) is 2.52. The third-order valence-corrected chi connectivity index (χ3v) is 5.33. The third kappa shape index (κ3) is 10.2. The molecule has 0 aromatic heterocycles. The molecule has 24 heavy (non-hydrogen) atoms. The van der Waals surface area contributed by atoms with Crippen LogP contribution in [0.15, 0.2) is 29.2 Å². The molecule has 5 heteroatoms. The van der Waals surface area contributed by atoms with E-state index in [9.17, 15) is 13.0 Å². The predicted molar refractivity (Wildman–Crippen MR) is 94.7 cm³/mol. The zero-order chi connectivity index (χ0) is 17.1. The minimum absolute atomic E-state index is 0. The molecule has 0 aliphatic heterocycles. The van der Waals surface area contributed by atoms with E-state index in [-0.39, 0.29) is 34.5 Å². The molecule has 1 atom stereocenters. The summed E-state index contributed by atoms with van der Waals surface area (Å²) in [5.74, 6) is 0.406. The zero-order valence-electron chi connectivity index (χ0n) is 15.6. The van der Waals surface area contributed by atoms with Gasteiger partial charge < -0.3 is 4.55 Å². The van der Waals surface area contributed by atoms with Crippen LogP contribution < -0.4 is 29.6 Å². The fraction of sp³-hybridized carbons (Fsp3) is 0.684. The first kappa shape index (κ1) is 24.1. The molecule has 0 N–H and O–H groups in total. The van der Waals surface area contributed by atoms with Crippen molar-refractivity contribution in [2.45, 2.75) is 88.9 Å². The maximum absolute atomic E-state index is 10.9. The molecule has 132 valence electrons. The van der Waals surface area contributed by atoms with Crippen LogP contribution in [0.5, 0.6) is 0 Å². The van der Waals surface area contributed by atoms with E-state index in [1.165, 1.54) is 69.9 Å². The minimum Gasteiger partial charge on any atom is -0.744 e. The van der Waals surface area contributed by atoms with Gasteiger partial charge in [0, 0.05) is 0 Å². The zero-order valence-corrected chi connectivity index (χ0v) is 18.4. The second-order valence-electron chi connectivity index (χ2n) is 6.54. The Labute approximate surface area is 170 Å². The number of unbranched alkanes of at least 4 members (excludes halogenated alkanes) is 8. The molecule has 1 rings (SSSR count). The van der Waals surface area contributed by atoms with Gasteiger partial charge in [0.1, 0.15) is 10.1 Å². The molecular weight excluding hydrogens is 331 g/mol. The quantitative estimate of drug-likeness (QED) is 0.326. The summed E-state index contributed by atoms with van der Waals surface area (Å²) in [4.78, 5) is -0.142. The van der Waals surface area contributed by atoms with Crippen LogP contribution >= 0.6 is 0 Å². The Balaban J connectivity index is 0.00000529. The van der Waals surface area contributed by atoms with Crippen LogP contribution in [-0.2, 0) is 10.1 Å². The molecule has 0 aliphatic carbocycles. The van der Waals surface area contributed by atoms with Crippen molar-refractivity contribution in [1.82, 2.24) is 0 Å².